The average Bonchev–Trinajstić information content (AvgIpc) is 3.30. The number of hydrogen-bond donors (Lipinski definition) is 3. The van der Waals surface area contributed by atoms with Crippen LogP contribution >= 0.6 is 0 Å². The van der Waals surface area contributed by atoms with Gasteiger partial charge in [0, 0.05) is 30.1 Å². The summed E-state index contributed by atoms with van der Waals surface area (Å²) >= 11 is 0. The zero-order valence-electron chi connectivity index (χ0n) is 17.8. The third-order valence-electron chi connectivity index (χ3n) is 5.59. The van der Waals surface area contributed by atoms with Crippen LogP contribution in [0.3, 0.4) is 0 Å². The van der Waals surface area contributed by atoms with E-state index in [4.69, 9.17) is 5.21 Å². The number of aromatic nitrogens is 1. The van der Waals surface area contributed by atoms with Gasteiger partial charge in [0.25, 0.3) is 0 Å². The molecule has 7 heteroatoms. The predicted molar refractivity (Wildman–Crippen MR) is 129 cm³/mol. The van der Waals surface area contributed by atoms with E-state index in [0.29, 0.717) is 13.0 Å². The van der Waals surface area contributed by atoms with Crippen LogP contribution < -0.4 is 9.79 Å². The van der Waals surface area contributed by atoms with E-state index in [-0.39, 0.29) is 5.91 Å². The zero-order valence-corrected chi connectivity index (χ0v) is 18.6. The molecule has 1 unspecified atom stereocenters. The SMILES string of the molecule is O=C(CCCCCCN(c1ccc2[nH]ccc2c1)S(=O)c1ccc2ccccc2c1)NO. The molecular formula is C25H27N3O3S. The number of fused-ring (bicyclic) bond motifs is 2. The minimum atomic E-state index is -1.35. The molecule has 0 aliphatic heterocycles. The molecule has 0 saturated heterocycles. The maximum absolute atomic E-state index is 13.7. The van der Waals surface area contributed by atoms with Crippen molar-refractivity contribution in [1.29, 1.82) is 0 Å². The first kappa shape index (κ1) is 22.0. The molecule has 0 bridgehead atoms. The molecule has 1 amide bonds. The summed E-state index contributed by atoms with van der Waals surface area (Å²) in [6.45, 7) is 0.640. The Balaban J connectivity index is 1.52. The lowest BCUT2D eigenvalue weighted by atomic mass is 10.1. The van der Waals surface area contributed by atoms with Crippen molar-refractivity contribution in [1.82, 2.24) is 10.5 Å². The maximum atomic E-state index is 13.7. The molecule has 3 aromatic carbocycles. The van der Waals surface area contributed by atoms with Gasteiger partial charge in [0.1, 0.15) is 0 Å². The molecule has 1 heterocycles. The van der Waals surface area contributed by atoms with Gasteiger partial charge in [0.15, 0.2) is 11.0 Å². The summed E-state index contributed by atoms with van der Waals surface area (Å²) < 4.78 is 15.6. The third-order valence-corrected chi connectivity index (χ3v) is 7.04. The Morgan fingerprint density at radius 2 is 1.72 bits per heavy atom. The van der Waals surface area contributed by atoms with Crippen LogP contribution in [0.5, 0.6) is 0 Å². The highest BCUT2D eigenvalue weighted by molar-refractivity contribution is 7.86. The van der Waals surface area contributed by atoms with Crippen molar-refractivity contribution in [3.05, 3.63) is 72.9 Å². The number of hydrogen-bond acceptors (Lipinski definition) is 3. The highest BCUT2D eigenvalue weighted by Crippen LogP contribution is 2.27. The van der Waals surface area contributed by atoms with E-state index < -0.39 is 11.0 Å². The third kappa shape index (κ3) is 5.18. The summed E-state index contributed by atoms with van der Waals surface area (Å²) in [5, 5.41) is 11.9. The minimum absolute atomic E-state index is 0.313. The van der Waals surface area contributed by atoms with Gasteiger partial charge in [0.05, 0.1) is 10.6 Å². The van der Waals surface area contributed by atoms with Gasteiger partial charge in [0.2, 0.25) is 5.91 Å². The number of rotatable bonds is 10. The molecule has 6 nitrogen and oxygen atoms in total. The number of carbonyl (C=O) groups excluding carboxylic acids is 1. The average molecular weight is 450 g/mol. The number of benzene rings is 3. The number of carbonyl (C=O) groups is 1. The topological polar surface area (TPSA) is 85.4 Å². The van der Waals surface area contributed by atoms with Crippen LogP contribution in [0, 0.1) is 0 Å². The standard InChI is InChI=1S/C25H27N3O3S/c29-25(27-30)9-3-1-2-6-16-28(22-11-13-24-21(17-22)14-15-26-24)32(31)23-12-10-19-7-4-5-8-20(19)18-23/h4-5,7-8,10-15,17-18,26,30H,1-3,6,9,16H2,(H,27,29). The van der Waals surface area contributed by atoms with Crippen molar-refractivity contribution >= 4 is 44.3 Å². The van der Waals surface area contributed by atoms with Crippen molar-refractivity contribution in [3.8, 4) is 0 Å². The lowest BCUT2D eigenvalue weighted by Gasteiger charge is -2.24. The number of H-pyrrole nitrogens is 1. The van der Waals surface area contributed by atoms with E-state index in [1.807, 2.05) is 65.1 Å². The van der Waals surface area contributed by atoms with E-state index in [1.54, 1.807) is 5.48 Å². The largest absolute Gasteiger partial charge is 0.361 e. The van der Waals surface area contributed by atoms with Crippen molar-refractivity contribution in [2.75, 3.05) is 10.8 Å². The molecular weight excluding hydrogens is 422 g/mol. The Hall–Kier alpha value is -3.16. The predicted octanol–water partition coefficient (Wildman–Crippen LogP) is 5.31. The first-order valence-corrected chi connectivity index (χ1v) is 11.9. The molecule has 1 atom stereocenters. The second kappa shape index (κ2) is 10.4. The number of nitrogens with zero attached hydrogens (tertiary/aromatic N) is 1. The molecule has 0 spiro atoms. The molecule has 1 aromatic heterocycles. The Morgan fingerprint density at radius 3 is 2.56 bits per heavy atom. The van der Waals surface area contributed by atoms with Crippen molar-refractivity contribution < 1.29 is 14.2 Å². The maximum Gasteiger partial charge on any atom is 0.243 e. The van der Waals surface area contributed by atoms with Gasteiger partial charge in [-0.25, -0.2) is 9.69 Å². The van der Waals surface area contributed by atoms with E-state index in [0.717, 1.165) is 57.9 Å². The van der Waals surface area contributed by atoms with E-state index in [1.165, 1.54) is 0 Å². The second-order valence-corrected chi connectivity index (χ2v) is 9.22. The van der Waals surface area contributed by atoms with Crippen molar-refractivity contribution in [2.45, 2.75) is 37.0 Å². The first-order valence-electron chi connectivity index (χ1n) is 10.8. The van der Waals surface area contributed by atoms with Gasteiger partial charge in [-0.15, -0.1) is 0 Å². The Morgan fingerprint density at radius 1 is 0.906 bits per heavy atom. The Kier molecular flexibility index (Phi) is 7.19. The van der Waals surface area contributed by atoms with E-state index in [9.17, 15) is 9.00 Å². The highest BCUT2D eigenvalue weighted by Gasteiger charge is 2.17. The summed E-state index contributed by atoms with van der Waals surface area (Å²) in [6, 6.07) is 22.1. The fourth-order valence-corrected chi connectivity index (χ4v) is 5.12. The van der Waals surface area contributed by atoms with Crippen LogP contribution in [-0.2, 0) is 15.8 Å². The number of amides is 1. The van der Waals surface area contributed by atoms with Crippen LogP contribution in [0.25, 0.3) is 21.7 Å². The van der Waals surface area contributed by atoms with E-state index in [2.05, 4.69) is 17.1 Å². The lowest BCUT2D eigenvalue weighted by Crippen LogP contribution is -2.27. The van der Waals surface area contributed by atoms with Crippen molar-refractivity contribution in [2.24, 2.45) is 0 Å². The summed E-state index contributed by atoms with van der Waals surface area (Å²) in [7, 11) is -1.35. The van der Waals surface area contributed by atoms with Crippen LogP contribution in [0.4, 0.5) is 5.69 Å². The Bertz CT molecular complexity index is 1240. The quantitative estimate of drug-likeness (QED) is 0.174. The highest BCUT2D eigenvalue weighted by atomic mass is 32.2. The van der Waals surface area contributed by atoms with Crippen LogP contribution in [0.1, 0.15) is 32.1 Å². The van der Waals surface area contributed by atoms with Crippen LogP contribution in [0.15, 0.2) is 77.8 Å². The summed E-state index contributed by atoms with van der Waals surface area (Å²) in [5.74, 6) is -0.358. The first-order chi connectivity index (χ1) is 15.7. The monoisotopic (exact) mass is 449 g/mol. The van der Waals surface area contributed by atoms with E-state index >= 15 is 0 Å². The normalized spacial score (nSPS) is 12.2. The molecule has 3 N–H and O–H groups in total. The second-order valence-electron chi connectivity index (χ2n) is 7.81. The van der Waals surface area contributed by atoms with Gasteiger partial charge in [-0.2, -0.15) is 0 Å². The van der Waals surface area contributed by atoms with Gasteiger partial charge in [-0.05, 0) is 60.0 Å². The molecule has 0 aliphatic carbocycles. The Labute approximate surface area is 189 Å². The minimum Gasteiger partial charge on any atom is -0.361 e. The fourth-order valence-electron chi connectivity index (χ4n) is 3.86. The summed E-state index contributed by atoms with van der Waals surface area (Å²) in [5.41, 5.74) is 3.63. The van der Waals surface area contributed by atoms with Gasteiger partial charge in [-0.1, -0.05) is 43.2 Å². The number of aromatic amines is 1. The summed E-state index contributed by atoms with van der Waals surface area (Å²) in [6.07, 6.45) is 5.58. The molecule has 0 aliphatic rings. The number of anilines is 1. The molecule has 32 heavy (non-hydrogen) atoms. The fraction of sp³-hybridized carbons (Fsp3) is 0.240. The van der Waals surface area contributed by atoms with Crippen LogP contribution in [0.2, 0.25) is 0 Å². The number of unbranched alkanes of at least 4 members (excludes halogenated alkanes) is 3. The molecule has 166 valence electrons. The molecule has 4 rings (SSSR count). The van der Waals surface area contributed by atoms with Crippen molar-refractivity contribution in [3.63, 3.8) is 0 Å². The smallest absolute Gasteiger partial charge is 0.243 e. The van der Waals surface area contributed by atoms with Gasteiger partial charge >= 0.3 is 0 Å². The zero-order chi connectivity index (χ0) is 22.3. The van der Waals surface area contributed by atoms with Gasteiger partial charge in [-0.3, -0.25) is 14.3 Å². The molecule has 0 fully saturated rings. The number of nitrogens with one attached hydrogen (secondary N) is 2. The van der Waals surface area contributed by atoms with Crippen LogP contribution in [-0.4, -0.2) is 26.9 Å². The molecule has 4 aromatic rings. The van der Waals surface area contributed by atoms with Gasteiger partial charge < -0.3 is 4.98 Å². The lowest BCUT2D eigenvalue weighted by molar-refractivity contribution is -0.129. The molecule has 0 radical (unpaired) electrons. The summed E-state index contributed by atoms with van der Waals surface area (Å²) in [4.78, 5) is 15.1. The number of hydroxylamine groups is 1. The molecule has 0 saturated carbocycles.